The maximum atomic E-state index is 5.87. The third-order valence-corrected chi connectivity index (χ3v) is 5.62. The first-order valence-corrected chi connectivity index (χ1v) is 11.0. The van der Waals surface area contributed by atoms with Crippen LogP contribution in [0.25, 0.3) is 0 Å². The lowest BCUT2D eigenvalue weighted by molar-refractivity contribution is 0.270. The number of piperazine rings is 1. The molecule has 1 aliphatic heterocycles. The van der Waals surface area contributed by atoms with Crippen LogP contribution in [0.3, 0.4) is 0 Å². The molecule has 1 saturated heterocycles. The zero-order chi connectivity index (χ0) is 21.3. The Balaban J connectivity index is 1.23. The van der Waals surface area contributed by atoms with E-state index >= 15 is 0 Å². The number of nitrogens with zero attached hydrogens (tertiary/aromatic N) is 4. The van der Waals surface area contributed by atoms with Gasteiger partial charge in [-0.25, -0.2) is 4.98 Å². The highest BCUT2D eigenvalue weighted by Crippen LogP contribution is 2.16. The van der Waals surface area contributed by atoms with Gasteiger partial charge in [0, 0.05) is 51.7 Å². The highest BCUT2D eigenvalue weighted by molar-refractivity contribution is 5.40. The van der Waals surface area contributed by atoms with E-state index in [4.69, 9.17) is 4.74 Å². The molecule has 6 heteroatoms. The molecule has 2 aromatic heterocycles. The van der Waals surface area contributed by atoms with Gasteiger partial charge < -0.3 is 19.9 Å². The Labute approximate surface area is 184 Å². The van der Waals surface area contributed by atoms with Crippen LogP contribution in [0.1, 0.15) is 23.7 Å². The first-order chi connectivity index (χ1) is 15.3. The van der Waals surface area contributed by atoms with Crippen LogP contribution in [0.4, 0.5) is 5.82 Å². The minimum atomic E-state index is 0.475. The molecule has 1 aromatic carbocycles. The van der Waals surface area contributed by atoms with Crippen LogP contribution in [-0.4, -0.2) is 47.6 Å². The molecule has 0 radical (unpaired) electrons. The second-order valence-corrected chi connectivity index (χ2v) is 7.81. The number of benzene rings is 1. The second kappa shape index (κ2) is 10.9. The summed E-state index contributed by atoms with van der Waals surface area (Å²) in [4.78, 5) is 13.8. The fourth-order valence-corrected chi connectivity index (χ4v) is 3.74. The first-order valence-electron chi connectivity index (χ1n) is 11.0. The van der Waals surface area contributed by atoms with Gasteiger partial charge in [-0.2, -0.15) is 0 Å². The Hall–Kier alpha value is -2.96. The Kier molecular flexibility index (Phi) is 7.47. The lowest BCUT2D eigenvalue weighted by Crippen LogP contribution is -2.46. The van der Waals surface area contributed by atoms with Gasteiger partial charge in [0.05, 0.1) is 5.69 Å². The Morgan fingerprint density at radius 2 is 1.77 bits per heavy atom. The van der Waals surface area contributed by atoms with Crippen molar-refractivity contribution in [3.63, 3.8) is 0 Å². The molecule has 31 heavy (non-hydrogen) atoms. The quantitative estimate of drug-likeness (QED) is 0.575. The highest BCUT2D eigenvalue weighted by atomic mass is 16.5. The molecule has 0 aliphatic carbocycles. The third-order valence-electron chi connectivity index (χ3n) is 5.62. The molecule has 0 spiro atoms. The highest BCUT2D eigenvalue weighted by Gasteiger charge is 2.16. The Morgan fingerprint density at radius 1 is 0.903 bits per heavy atom. The van der Waals surface area contributed by atoms with Crippen LogP contribution in [0, 0.1) is 0 Å². The van der Waals surface area contributed by atoms with Crippen molar-refractivity contribution in [1.82, 2.24) is 20.2 Å². The number of rotatable bonds is 9. The molecule has 162 valence electrons. The summed E-state index contributed by atoms with van der Waals surface area (Å²) < 4.78 is 5.87. The molecule has 1 aliphatic rings. The second-order valence-electron chi connectivity index (χ2n) is 7.81. The van der Waals surface area contributed by atoms with Crippen molar-refractivity contribution in [3.8, 4) is 5.75 Å². The van der Waals surface area contributed by atoms with E-state index in [1.54, 1.807) is 6.20 Å². The van der Waals surface area contributed by atoms with Gasteiger partial charge in [-0.1, -0.05) is 31.2 Å². The third kappa shape index (κ3) is 6.26. The summed E-state index contributed by atoms with van der Waals surface area (Å²) in [5, 5.41) is 3.50. The number of anilines is 1. The van der Waals surface area contributed by atoms with E-state index in [0.29, 0.717) is 6.61 Å². The van der Waals surface area contributed by atoms with E-state index in [1.165, 1.54) is 11.1 Å². The molecule has 6 nitrogen and oxygen atoms in total. The number of ether oxygens (including phenoxy) is 1. The number of aromatic nitrogens is 2. The summed E-state index contributed by atoms with van der Waals surface area (Å²) >= 11 is 0. The van der Waals surface area contributed by atoms with E-state index in [9.17, 15) is 0 Å². The van der Waals surface area contributed by atoms with Gasteiger partial charge in [0.2, 0.25) is 0 Å². The SMILES string of the molecule is CCN1CCN(c2ccc(CNCc3cccc(OCc4ccccn4)c3)cn2)CC1. The zero-order valence-corrected chi connectivity index (χ0v) is 18.2. The van der Waals surface area contributed by atoms with Crippen molar-refractivity contribution in [2.45, 2.75) is 26.6 Å². The van der Waals surface area contributed by atoms with E-state index in [1.807, 2.05) is 36.5 Å². The molecule has 3 heterocycles. The van der Waals surface area contributed by atoms with E-state index in [-0.39, 0.29) is 0 Å². The van der Waals surface area contributed by atoms with Crippen molar-refractivity contribution < 1.29 is 4.74 Å². The number of pyridine rings is 2. The number of hydrogen-bond acceptors (Lipinski definition) is 6. The normalized spacial score (nSPS) is 14.5. The molecule has 3 aromatic rings. The van der Waals surface area contributed by atoms with Crippen LogP contribution in [0.15, 0.2) is 67.0 Å². The molecular formula is C25H31N5O. The maximum absolute atomic E-state index is 5.87. The topological polar surface area (TPSA) is 53.5 Å². The van der Waals surface area contributed by atoms with E-state index in [2.05, 4.69) is 56.3 Å². The molecule has 0 amide bonds. The van der Waals surface area contributed by atoms with Gasteiger partial charge in [0.25, 0.3) is 0 Å². The Morgan fingerprint density at radius 3 is 2.52 bits per heavy atom. The lowest BCUT2D eigenvalue weighted by atomic mass is 10.2. The monoisotopic (exact) mass is 417 g/mol. The van der Waals surface area contributed by atoms with Gasteiger partial charge in [-0.15, -0.1) is 0 Å². The van der Waals surface area contributed by atoms with Gasteiger partial charge in [0.1, 0.15) is 18.2 Å². The summed E-state index contributed by atoms with van der Waals surface area (Å²) in [7, 11) is 0. The molecule has 1 N–H and O–H groups in total. The van der Waals surface area contributed by atoms with Crippen molar-refractivity contribution >= 4 is 5.82 Å². The minimum Gasteiger partial charge on any atom is -0.487 e. The predicted molar refractivity (Wildman–Crippen MR) is 124 cm³/mol. The number of likely N-dealkylation sites (N-methyl/N-ethyl adjacent to an activating group) is 1. The van der Waals surface area contributed by atoms with Crippen molar-refractivity contribution in [1.29, 1.82) is 0 Å². The molecule has 1 fully saturated rings. The zero-order valence-electron chi connectivity index (χ0n) is 18.2. The lowest BCUT2D eigenvalue weighted by Gasteiger charge is -2.34. The van der Waals surface area contributed by atoms with Crippen LogP contribution >= 0.6 is 0 Å². The smallest absolute Gasteiger partial charge is 0.130 e. The average molecular weight is 418 g/mol. The van der Waals surface area contributed by atoms with Gasteiger partial charge in [0.15, 0.2) is 0 Å². The van der Waals surface area contributed by atoms with Crippen molar-refractivity contribution in [3.05, 3.63) is 83.8 Å². The van der Waals surface area contributed by atoms with Crippen molar-refractivity contribution in [2.75, 3.05) is 37.6 Å². The summed E-state index contributed by atoms with van der Waals surface area (Å²) in [5.74, 6) is 1.94. The van der Waals surface area contributed by atoms with Crippen LogP contribution in [-0.2, 0) is 19.7 Å². The summed E-state index contributed by atoms with van der Waals surface area (Å²) in [6.45, 7) is 9.74. The summed E-state index contributed by atoms with van der Waals surface area (Å²) in [6, 6.07) is 18.4. The van der Waals surface area contributed by atoms with Crippen LogP contribution < -0.4 is 15.0 Å². The van der Waals surface area contributed by atoms with Crippen molar-refractivity contribution in [2.24, 2.45) is 0 Å². The van der Waals surface area contributed by atoms with E-state index < -0.39 is 0 Å². The van der Waals surface area contributed by atoms with E-state index in [0.717, 1.165) is 63.1 Å². The fraction of sp³-hybridized carbons (Fsp3) is 0.360. The number of nitrogens with one attached hydrogen (secondary N) is 1. The maximum Gasteiger partial charge on any atom is 0.130 e. The largest absolute Gasteiger partial charge is 0.487 e. The molecule has 0 saturated carbocycles. The Bertz CT molecular complexity index is 924. The molecule has 0 unspecified atom stereocenters. The fourth-order valence-electron chi connectivity index (χ4n) is 3.74. The van der Waals surface area contributed by atoms with Crippen LogP contribution in [0.5, 0.6) is 5.75 Å². The first kappa shape index (κ1) is 21.3. The molecule has 0 bridgehead atoms. The van der Waals surface area contributed by atoms with Gasteiger partial charge in [-0.3, -0.25) is 4.98 Å². The minimum absolute atomic E-state index is 0.475. The predicted octanol–water partition coefficient (Wildman–Crippen LogP) is 3.49. The summed E-state index contributed by atoms with van der Waals surface area (Å²) in [5.41, 5.74) is 3.31. The van der Waals surface area contributed by atoms with Gasteiger partial charge in [-0.05, 0) is 48.0 Å². The standard InChI is InChI=1S/C25H31N5O/c1-2-29-12-14-30(15-13-29)25-10-9-22(19-28-25)18-26-17-21-6-5-8-24(16-21)31-20-23-7-3-4-11-27-23/h3-11,16,19,26H,2,12-15,17-18,20H2,1H3. The molecular weight excluding hydrogens is 386 g/mol. The summed E-state index contributed by atoms with van der Waals surface area (Å²) in [6.07, 6.45) is 3.77. The van der Waals surface area contributed by atoms with Crippen LogP contribution in [0.2, 0.25) is 0 Å². The number of hydrogen-bond donors (Lipinski definition) is 1. The average Bonchev–Trinajstić information content (AvgIpc) is 2.84. The molecule has 4 rings (SSSR count). The molecule has 0 atom stereocenters. The van der Waals surface area contributed by atoms with Gasteiger partial charge >= 0.3 is 0 Å².